The molecule has 0 amide bonds. The Hall–Kier alpha value is -1.46. The quantitative estimate of drug-likeness (QED) is 0.590. The maximum Gasteiger partial charge on any atom is 0.193 e. The Bertz CT molecular complexity index is 906. The first-order valence-corrected chi connectivity index (χ1v) is 7.82. The molecule has 3 nitrogen and oxygen atoms in total. The summed E-state index contributed by atoms with van der Waals surface area (Å²) in [5.74, 6) is 0.447. The molecule has 22 heavy (non-hydrogen) atoms. The fraction of sp³-hybridized carbons (Fsp3) is 0.0625. The van der Waals surface area contributed by atoms with E-state index in [-0.39, 0.29) is 5.43 Å². The van der Waals surface area contributed by atoms with Gasteiger partial charge in [-0.15, -0.1) is 0 Å². The molecule has 1 heterocycles. The molecule has 2 aromatic carbocycles. The van der Waals surface area contributed by atoms with Gasteiger partial charge in [-0.2, -0.15) is 0 Å². The molecule has 3 rings (SSSR count). The normalized spacial score (nSPS) is 11.0. The smallest absolute Gasteiger partial charge is 0.193 e. The second kappa shape index (κ2) is 6.34. The van der Waals surface area contributed by atoms with Crippen LogP contribution in [0.1, 0.15) is 0 Å². The van der Waals surface area contributed by atoms with Gasteiger partial charge in [-0.1, -0.05) is 23.2 Å². The summed E-state index contributed by atoms with van der Waals surface area (Å²) in [5, 5.41) is 1.37. The lowest BCUT2D eigenvalue weighted by molar-refractivity contribution is 0.490. The van der Waals surface area contributed by atoms with E-state index in [0.717, 1.165) is 4.90 Å². The lowest BCUT2D eigenvalue weighted by Crippen LogP contribution is -2.00. The molecular formula is C16H10Cl2O3S. The van der Waals surface area contributed by atoms with Crippen molar-refractivity contribution in [2.24, 2.45) is 0 Å². The highest BCUT2D eigenvalue weighted by molar-refractivity contribution is 7.94. The fourth-order valence-electron chi connectivity index (χ4n) is 2.08. The molecule has 0 saturated carbocycles. The lowest BCUT2D eigenvalue weighted by Gasteiger charge is -2.05. The number of benzene rings is 2. The Balaban J connectivity index is 2.14. The van der Waals surface area contributed by atoms with Crippen LogP contribution >= 0.6 is 35.2 Å². The van der Waals surface area contributed by atoms with E-state index in [1.54, 1.807) is 37.4 Å². The Kier molecular flexibility index (Phi) is 4.45. The second-order valence-corrected chi connectivity index (χ2v) is 6.30. The van der Waals surface area contributed by atoms with Crippen molar-refractivity contribution in [3.05, 3.63) is 62.7 Å². The van der Waals surface area contributed by atoms with Crippen molar-refractivity contribution in [3.8, 4) is 11.3 Å². The van der Waals surface area contributed by atoms with Crippen LogP contribution in [0.25, 0.3) is 22.3 Å². The van der Waals surface area contributed by atoms with Gasteiger partial charge in [0.25, 0.3) is 0 Å². The number of rotatable bonds is 3. The second-order valence-electron chi connectivity index (χ2n) is 4.51. The van der Waals surface area contributed by atoms with Crippen molar-refractivity contribution in [3.63, 3.8) is 0 Å². The minimum absolute atomic E-state index is 0.124. The molecule has 0 fully saturated rings. The summed E-state index contributed by atoms with van der Waals surface area (Å²) >= 11 is 13.1. The van der Waals surface area contributed by atoms with Gasteiger partial charge in [-0.25, -0.2) is 0 Å². The third kappa shape index (κ3) is 3.01. The summed E-state index contributed by atoms with van der Waals surface area (Å²) in [7, 11) is 1.57. The van der Waals surface area contributed by atoms with Crippen molar-refractivity contribution >= 4 is 46.2 Å². The van der Waals surface area contributed by atoms with Gasteiger partial charge >= 0.3 is 0 Å². The molecule has 3 aromatic rings. The summed E-state index contributed by atoms with van der Waals surface area (Å²) in [4.78, 5) is 13.1. The Morgan fingerprint density at radius 1 is 1.05 bits per heavy atom. The van der Waals surface area contributed by atoms with E-state index in [2.05, 4.69) is 0 Å². The first-order valence-electron chi connectivity index (χ1n) is 6.32. The number of hydrogen-bond donors (Lipinski definition) is 0. The molecule has 0 aliphatic carbocycles. The maximum atomic E-state index is 12.3. The average molecular weight is 353 g/mol. The van der Waals surface area contributed by atoms with E-state index < -0.39 is 0 Å². The van der Waals surface area contributed by atoms with E-state index in [1.165, 1.54) is 18.1 Å². The predicted molar refractivity (Wildman–Crippen MR) is 90.8 cm³/mol. The van der Waals surface area contributed by atoms with E-state index in [9.17, 15) is 4.79 Å². The van der Waals surface area contributed by atoms with Crippen LogP contribution in [0.4, 0.5) is 0 Å². The molecule has 6 heteroatoms. The predicted octanol–water partition coefficient (Wildman–Crippen LogP) is 5.42. The summed E-state index contributed by atoms with van der Waals surface area (Å²) in [6.45, 7) is 0. The van der Waals surface area contributed by atoms with E-state index >= 15 is 0 Å². The minimum atomic E-state index is -0.124. The summed E-state index contributed by atoms with van der Waals surface area (Å²) < 4.78 is 10.8. The zero-order chi connectivity index (χ0) is 15.7. The van der Waals surface area contributed by atoms with Gasteiger partial charge in [0.2, 0.25) is 0 Å². The van der Waals surface area contributed by atoms with Gasteiger partial charge in [-0.05, 0) is 36.4 Å². The third-order valence-corrected chi connectivity index (χ3v) is 4.43. The highest BCUT2D eigenvalue weighted by Crippen LogP contribution is 2.30. The first-order chi connectivity index (χ1) is 10.6. The molecule has 0 atom stereocenters. The van der Waals surface area contributed by atoms with Crippen LogP contribution in [-0.4, -0.2) is 7.11 Å². The summed E-state index contributed by atoms with van der Waals surface area (Å²) in [6, 6.07) is 11.9. The van der Waals surface area contributed by atoms with Crippen LogP contribution in [0.15, 0.2) is 56.6 Å². The summed E-state index contributed by atoms with van der Waals surface area (Å²) in [6.07, 6.45) is 0. The Morgan fingerprint density at radius 2 is 1.86 bits per heavy atom. The fourth-order valence-corrected chi connectivity index (χ4v) is 2.86. The molecule has 1 aromatic heterocycles. The molecule has 0 radical (unpaired) electrons. The SMILES string of the molecule is COSc1ccc2oc(-c3ccc(Cl)c(Cl)c3)cc(=O)c2c1. The van der Waals surface area contributed by atoms with Crippen LogP contribution in [0, 0.1) is 0 Å². The standard InChI is InChI=1S/C16H10Cl2O3S/c1-20-22-10-3-5-15-11(7-10)14(19)8-16(21-15)9-2-4-12(17)13(18)6-9/h2-8H,1H3. The van der Waals surface area contributed by atoms with Crippen molar-refractivity contribution < 1.29 is 8.60 Å². The van der Waals surface area contributed by atoms with Crippen LogP contribution in [0.3, 0.4) is 0 Å². The molecule has 0 bridgehead atoms. The van der Waals surface area contributed by atoms with E-state index in [0.29, 0.717) is 32.3 Å². The zero-order valence-electron chi connectivity index (χ0n) is 11.4. The van der Waals surface area contributed by atoms with Crippen LogP contribution in [0.2, 0.25) is 10.0 Å². The van der Waals surface area contributed by atoms with Gasteiger partial charge in [0, 0.05) is 28.6 Å². The molecule has 0 unspecified atom stereocenters. The Labute approximate surface area is 141 Å². The largest absolute Gasteiger partial charge is 0.456 e. The van der Waals surface area contributed by atoms with Crippen molar-refractivity contribution in [1.82, 2.24) is 0 Å². The van der Waals surface area contributed by atoms with Gasteiger partial charge in [-0.3, -0.25) is 4.79 Å². The van der Waals surface area contributed by atoms with E-state index in [1.807, 2.05) is 6.07 Å². The molecule has 0 spiro atoms. The number of halogens is 2. The van der Waals surface area contributed by atoms with Gasteiger partial charge in [0.05, 0.1) is 22.5 Å². The number of fused-ring (bicyclic) bond motifs is 1. The van der Waals surface area contributed by atoms with Crippen LogP contribution in [-0.2, 0) is 4.18 Å². The third-order valence-electron chi connectivity index (χ3n) is 3.08. The topological polar surface area (TPSA) is 39.4 Å². The molecule has 0 aliphatic heterocycles. The highest BCUT2D eigenvalue weighted by Gasteiger charge is 2.09. The minimum Gasteiger partial charge on any atom is -0.456 e. The van der Waals surface area contributed by atoms with Gasteiger partial charge in [0.15, 0.2) is 5.43 Å². The maximum absolute atomic E-state index is 12.3. The Morgan fingerprint density at radius 3 is 2.59 bits per heavy atom. The molecule has 0 aliphatic rings. The zero-order valence-corrected chi connectivity index (χ0v) is 13.8. The first kappa shape index (κ1) is 15.4. The van der Waals surface area contributed by atoms with Crippen molar-refractivity contribution in [2.75, 3.05) is 7.11 Å². The average Bonchev–Trinajstić information content (AvgIpc) is 2.51. The van der Waals surface area contributed by atoms with Crippen molar-refractivity contribution in [2.45, 2.75) is 4.90 Å². The van der Waals surface area contributed by atoms with E-state index in [4.69, 9.17) is 31.8 Å². The summed E-state index contributed by atoms with van der Waals surface area (Å²) in [5.41, 5.74) is 1.08. The number of hydrogen-bond acceptors (Lipinski definition) is 4. The van der Waals surface area contributed by atoms with Crippen molar-refractivity contribution in [1.29, 1.82) is 0 Å². The highest BCUT2D eigenvalue weighted by atomic mass is 35.5. The van der Waals surface area contributed by atoms with Crippen LogP contribution < -0.4 is 5.43 Å². The monoisotopic (exact) mass is 352 g/mol. The van der Waals surface area contributed by atoms with Gasteiger partial charge in [0.1, 0.15) is 11.3 Å². The molecule has 112 valence electrons. The molecule has 0 N–H and O–H groups in total. The van der Waals surface area contributed by atoms with Gasteiger partial charge < -0.3 is 8.60 Å². The lowest BCUT2D eigenvalue weighted by atomic mass is 10.1. The molecule has 0 saturated heterocycles. The molecular weight excluding hydrogens is 343 g/mol. The van der Waals surface area contributed by atoms with Crippen LogP contribution in [0.5, 0.6) is 0 Å².